The van der Waals surface area contributed by atoms with Crippen molar-refractivity contribution in [3.63, 3.8) is 0 Å². The molecule has 2 heteroatoms. The summed E-state index contributed by atoms with van der Waals surface area (Å²) in [5.41, 5.74) is 1.65. The lowest BCUT2D eigenvalue weighted by Crippen LogP contribution is -2.38. The number of hydrogen-bond acceptors (Lipinski definition) is 2. The topological polar surface area (TPSA) is 24.9 Å². The first-order valence-corrected chi connectivity index (χ1v) is 5.24. The first-order valence-electron chi connectivity index (χ1n) is 5.24. The van der Waals surface area contributed by atoms with Crippen molar-refractivity contribution in [3.05, 3.63) is 30.1 Å². The van der Waals surface area contributed by atoms with E-state index in [4.69, 9.17) is 0 Å². The van der Waals surface area contributed by atoms with Crippen LogP contribution in [0.2, 0.25) is 0 Å². The van der Waals surface area contributed by atoms with Crippen LogP contribution in [0.4, 0.5) is 0 Å². The van der Waals surface area contributed by atoms with Crippen LogP contribution in [0.1, 0.15) is 38.7 Å². The number of aromatic nitrogens is 1. The Hall–Kier alpha value is -0.890. The summed E-state index contributed by atoms with van der Waals surface area (Å²) in [7, 11) is 0. The van der Waals surface area contributed by atoms with E-state index in [2.05, 4.69) is 43.2 Å². The normalized spacial score (nSPS) is 26.2. The van der Waals surface area contributed by atoms with E-state index in [-0.39, 0.29) is 5.54 Å². The van der Waals surface area contributed by atoms with Crippen LogP contribution in [0.3, 0.4) is 0 Å². The minimum atomic E-state index is 0.229. The molecule has 0 aliphatic heterocycles. The van der Waals surface area contributed by atoms with E-state index in [0.717, 1.165) is 0 Å². The van der Waals surface area contributed by atoms with Gasteiger partial charge < -0.3 is 5.32 Å². The van der Waals surface area contributed by atoms with E-state index >= 15 is 0 Å². The molecule has 1 fully saturated rings. The molecule has 76 valence electrons. The molecule has 1 aromatic rings. The zero-order chi connectivity index (χ0) is 10.2. The highest BCUT2D eigenvalue weighted by Gasteiger charge is 2.39. The molecule has 1 heterocycles. The lowest BCUT2D eigenvalue weighted by Gasteiger charge is -2.20. The summed E-state index contributed by atoms with van der Waals surface area (Å²) < 4.78 is 0. The second-order valence-electron chi connectivity index (χ2n) is 5.12. The van der Waals surface area contributed by atoms with Crippen molar-refractivity contribution in [2.24, 2.45) is 0 Å². The smallest absolute Gasteiger partial charge is 0.0270 e. The van der Waals surface area contributed by atoms with Gasteiger partial charge >= 0.3 is 0 Å². The lowest BCUT2D eigenvalue weighted by molar-refractivity contribution is 0.418. The Bertz CT molecular complexity index is 300. The molecule has 1 aromatic heterocycles. The third-order valence-electron chi connectivity index (χ3n) is 2.54. The van der Waals surface area contributed by atoms with Gasteiger partial charge in [-0.2, -0.15) is 0 Å². The minimum absolute atomic E-state index is 0.229. The molecule has 2 rings (SSSR count). The van der Waals surface area contributed by atoms with E-state index in [9.17, 15) is 0 Å². The summed E-state index contributed by atoms with van der Waals surface area (Å²) in [4.78, 5) is 4.03. The second kappa shape index (κ2) is 3.35. The highest BCUT2D eigenvalue weighted by molar-refractivity contribution is 5.25. The predicted molar refractivity (Wildman–Crippen MR) is 58.3 cm³/mol. The first kappa shape index (κ1) is 9.66. The Morgan fingerprint density at radius 1 is 1.29 bits per heavy atom. The van der Waals surface area contributed by atoms with E-state index in [1.807, 2.05) is 12.4 Å². The summed E-state index contributed by atoms with van der Waals surface area (Å²) in [5, 5.41) is 3.62. The Balaban J connectivity index is 1.94. The molecule has 0 bridgehead atoms. The van der Waals surface area contributed by atoms with E-state index < -0.39 is 0 Å². The Labute approximate surface area is 85.7 Å². The second-order valence-corrected chi connectivity index (χ2v) is 5.12. The Kier molecular flexibility index (Phi) is 2.31. The van der Waals surface area contributed by atoms with Gasteiger partial charge in [0.15, 0.2) is 0 Å². The van der Waals surface area contributed by atoms with Crippen LogP contribution in [0.15, 0.2) is 24.5 Å². The molecule has 2 nitrogen and oxygen atoms in total. The van der Waals surface area contributed by atoms with Gasteiger partial charge in [-0.05, 0) is 44.9 Å². The molecule has 0 amide bonds. The molecule has 0 unspecified atom stereocenters. The molecule has 0 aromatic carbocycles. The number of hydrogen-bond donors (Lipinski definition) is 1. The fourth-order valence-corrected chi connectivity index (χ4v) is 1.89. The van der Waals surface area contributed by atoms with Crippen molar-refractivity contribution < 1.29 is 0 Å². The van der Waals surface area contributed by atoms with Crippen molar-refractivity contribution in [2.45, 2.75) is 44.7 Å². The van der Waals surface area contributed by atoms with Crippen molar-refractivity contribution in [2.75, 3.05) is 0 Å². The molecule has 2 atom stereocenters. The predicted octanol–water partition coefficient (Wildman–Crippen LogP) is 2.33. The van der Waals surface area contributed by atoms with Gasteiger partial charge in [0.1, 0.15) is 0 Å². The number of nitrogens with one attached hydrogen (secondary N) is 1. The molecule has 1 N–H and O–H groups in total. The minimum Gasteiger partial charge on any atom is -0.309 e. The lowest BCUT2D eigenvalue weighted by atomic mass is 10.1. The van der Waals surface area contributed by atoms with Crippen molar-refractivity contribution >= 4 is 0 Å². The summed E-state index contributed by atoms with van der Waals surface area (Å²) in [5.74, 6) is 0.706. The highest BCUT2D eigenvalue weighted by atomic mass is 15.0. The zero-order valence-corrected chi connectivity index (χ0v) is 9.12. The quantitative estimate of drug-likeness (QED) is 0.774. The van der Waals surface area contributed by atoms with Gasteiger partial charge in [-0.1, -0.05) is 0 Å². The largest absolute Gasteiger partial charge is 0.309 e. The highest BCUT2D eigenvalue weighted by Crippen LogP contribution is 2.41. The maximum Gasteiger partial charge on any atom is 0.0270 e. The van der Waals surface area contributed by atoms with E-state index in [1.165, 1.54) is 12.0 Å². The molecule has 0 spiro atoms. The van der Waals surface area contributed by atoms with Crippen molar-refractivity contribution in [3.8, 4) is 0 Å². The SMILES string of the molecule is CC(C)(C)N[C@@H]1C[C@H]1c1ccncc1. The zero-order valence-electron chi connectivity index (χ0n) is 9.12. The summed E-state index contributed by atoms with van der Waals surface area (Å²) in [6, 6.07) is 4.90. The van der Waals surface area contributed by atoms with Gasteiger partial charge in [-0.25, -0.2) is 0 Å². The van der Waals surface area contributed by atoms with Gasteiger partial charge in [0.25, 0.3) is 0 Å². The van der Waals surface area contributed by atoms with E-state index in [0.29, 0.717) is 12.0 Å². The van der Waals surface area contributed by atoms with Crippen LogP contribution in [-0.2, 0) is 0 Å². The first-order chi connectivity index (χ1) is 6.56. The molecular weight excluding hydrogens is 172 g/mol. The third kappa shape index (κ3) is 2.32. The van der Waals surface area contributed by atoms with E-state index in [1.54, 1.807) is 0 Å². The van der Waals surface area contributed by atoms with Crippen LogP contribution in [0, 0.1) is 0 Å². The Morgan fingerprint density at radius 2 is 1.93 bits per heavy atom. The molecule has 0 radical (unpaired) electrons. The van der Waals surface area contributed by atoms with Gasteiger partial charge in [0, 0.05) is 29.9 Å². The molecule has 1 aliphatic carbocycles. The van der Waals surface area contributed by atoms with Gasteiger partial charge in [0.05, 0.1) is 0 Å². The fourth-order valence-electron chi connectivity index (χ4n) is 1.89. The summed E-state index contributed by atoms with van der Waals surface area (Å²) in [6.45, 7) is 6.65. The van der Waals surface area contributed by atoms with Gasteiger partial charge in [-0.15, -0.1) is 0 Å². The fraction of sp³-hybridized carbons (Fsp3) is 0.583. The number of nitrogens with zero attached hydrogens (tertiary/aromatic N) is 1. The number of rotatable bonds is 2. The summed E-state index contributed by atoms with van der Waals surface area (Å²) >= 11 is 0. The standard InChI is InChI=1S/C12H18N2/c1-12(2,3)14-11-8-10(11)9-4-6-13-7-5-9/h4-7,10-11,14H,8H2,1-3H3/t10-,11+/m0/s1. The molecular formula is C12H18N2. The number of pyridine rings is 1. The van der Waals surface area contributed by atoms with Crippen molar-refractivity contribution in [1.29, 1.82) is 0 Å². The molecule has 1 saturated carbocycles. The van der Waals surface area contributed by atoms with Crippen LogP contribution in [-0.4, -0.2) is 16.6 Å². The van der Waals surface area contributed by atoms with Crippen LogP contribution in [0.5, 0.6) is 0 Å². The van der Waals surface area contributed by atoms with Crippen LogP contribution >= 0.6 is 0 Å². The maximum atomic E-state index is 4.03. The van der Waals surface area contributed by atoms with Crippen LogP contribution < -0.4 is 5.32 Å². The monoisotopic (exact) mass is 190 g/mol. The molecule has 14 heavy (non-hydrogen) atoms. The average molecular weight is 190 g/mol. The maximum absolute atomic E-state index is 4.03. The molecule has 0 saturated heterocycles. The van der Waals surface area contributed by atoms with Gasteiger partial charge in [0.2, 0.25) is 0 Å². The Morgan fingerprint density at radius 3 is 2.50 bits per heavy atom. The molecule has 1 aliphatic rings. The summed E-state index contributed by atoms with van der Waals surface area (Å²) in [6.07, 6.45) is 5.02. The van der Waals surface area contributed by atoms with Crippen LogP contribution in [0.25, 0.3) is 0 Å². The van der Waals surface area contributed by atoms with Crippen molar-refractivity contribution in [1.82, 2.24) is 10.3 Å². The van der Waals surface area contributed by atoms with Gasteiger partial charge in [-0.3, -0.25) is 4.98 Å². The third-order valence-corrected chi connectivity index (χ3v) is 2.54. The average Bonchev–Trinajstić information content (AvgIpc) is 2.82.